The molecule has 1 N–H and O–H groups in total. The van der Waals surface area contributed by atoms with E-state index in [9.17, 15) is 0 Å². The molecule has 0 aromatic carbocycles. The molecule has 2 unspecified atom stereocenters. The van der Waals surface area contributed by atoms with Gasteiger partial charge >= 0.3 is 0 Å². The van der Waals surface area contributed by atoms with Crippen LogP contribution in [-0.2, 0) is 0 Å². The Labute approximate surface area is 114 Å². The van der Waals surface area contributed by atoms with Gasteiger partial charge in [0.15, 0.2) is 0 Å². The molecule has 1 saturated carbocycles. The normalized spacial score (nSPS) is 26.3. The molecule has 2 atom stereocenters. The van der Waals surface area contributed by atoms with Crippen LogP contribution < -0.4 is 5.32 Å². The van der Waals surface area contributed by atoms with Crippen molar-refractivity contribution < 1.29 is 0 Å². The number of hydrogen-bond donors (Lipinski definition) is 1. The van der Waals surface area contributed by atoms with Gasteiger partial charge < -0.3 is 10.2 Å². The van der Waals surface area contributed by atoms with Crippen LogP contribution in [-0.4, -0.2) is 37.1 Å². The summed E-state index contributed by atoms with van der Waals surface area (Å²) >= 11 is 0. The third-order valence-electron chi connectivity index (χ3n) is 4.91. The first-order valence-electron chi connectivity index (χ1n) is 8.21. The van der Waals surface area contributed by atoms with Crippen molar-refractivity contribution in [3.05, 3.63) is 0 Å². The van der Waals surface area contributed by atoms with Crippen molar-refractivity contribution in [2.24, 2.45) is 11.8 Å². The molecular weight excluding hydrogens is 220 g/mol. The lowest BCUT2D eigenvalue weighted by molar-refractivity contribution is 0.195. The number of rotatable bonds is 6. The number of likely N-dealkylation sites (tertiary alicyclic amines) is 1. The van der Waals surface area contributed by atoms with Gasteiger partial charge in [-0.05, 0) is 64.1 Å². The van der Waals surface area contributed by atoms with Gasteiger partial charge in [0.2, 0.25) is 0 Å². The maximum Gasteiger partial charge on any atom is 0.00671 e. The summed E-state index contributed by atoms with van der Waals surface area (Å²) in [5.74, 6) is 1.75. The van der Waals surface area contributed by atoms with Crippen LogP contribution in [0, 0.1) is 11.8 Å². The SMILES string of the molecule is CC(CNC(C)C1CCCC1)CN1CCCCC1. The topological polar surface area (TPSA) is 15.3 Å². The van der Waals surface area contributed by atoms with E-state index >= 15 is 0 Å². The molecule has 2 fully saturated rings. The Hall–Kier alpha value is -0.0800. The second-order valence-corrected chi connectivity index (χ2v) is 6.71. The van der Waals surface area contributed by atoms with Gasteiger partial charge in [-0.15, -0.1) is 0 Å². The Bertz CT molecular complexity index is 217. The fourth-order valence-electron chi connectivity index (χ4n) is 3.66. The molecule has 2 nitrogen and oxygen atoms in total. The lowest BCUT2D eigenvalue weighted by Gasteiger charge is -2.30. The second kappa shape index (κ2) is 7.49. The van der Waals surface area contributed by atoms with E-state index in [1.807, 2.05) is 0 Å². The van der Waals surface area contributed by atoms with Crippen molar-refractivity contribution >= 4 is 0 Å². The Morgan fingerprint density at radius 3 is 2.33 bits per heavy atom. The molecule has 1 aliphatic carbocycles. The second-order valence-electron chi connectivity index (χ2n) is 6.71. The first-order valence-corrected chi connectivity index (χ1v) is 8.21. The molecule has 1 saturated heterocycles. The van der Waals surface area contributed by atoms with Crippen molar-refractivity contribution in [1.29, 1.82) is 0 Å². The van der Waals surface area contributed by atoms with Crippen molar-refractivity contribution in [2.75, 3.05) is 26.2 Å². The Balaban J connectivity index is 1.59. The smallest absolute Gasteiger partial charge is 0.00671 e. The molecular formula is C16H32N2. The van der Waals surface area contributed by atoms with Gasteiger partial charge in [-0.1, -0.05) is 26.2 Å². The highest BCUT2D eigenvalue weighted by atomic mass is 15.1. The zero-order valence-electron chi connectivity index (χ0n) is 12.5. The van der Waals surface area contributed by atoms with E-state index in [0.717, 1.165) is 17.9 Å². The molecule has 0 aromatic heterocycles. The van der Waals surface area contributed by atoms with E-state index in [0.29, 0.717) is 0 Å². The van der Waals surface area contributed by atoms with Crippen molar-refractivity contribution in [2.45, 2.75) is 64.8 Å². The van der Waals surface area contributed by atoms with E-state index in [1.165, 1.54) is 71.1 Å². The lowest BCUT2D eigenvalue weighted by Crippen LogP contribution is -2.40. The van der Waals surface area contributed by atoms with Gasteiger partial charge in [-0.25, -0.2) is 0 Å². The Kier molecular flexibility index (Phi) is 5.97. The summed E-state index contributed by atoms with van der Waals surface area (Å²) in [6.07, 6.45) is 10.1. The highest BCUT2D eigenvalue weighted by Crippen LogP contribution is 2.27. The number of hydrogen-bond acceptors (Lipinski definition) is 2. The average molecular weight is 252 g/mol. The Morgan fingerprint density at radius 1 is 1.00 bits per heavy atom. The fraction of sp³-hybridized carbons (Fsp3) is 1.00. The van der Waals surface area contributed by atoms with Gasteiger partial charge in [0.1, 0.15) is 0 Å². The van der Waals surface area contributed by atoms with Crippen LogP contribution in [0.3, 0.4) is 0 Å². The molecule has 2 aliphatic rings. The lowest BCUT2D eigenvalue weighted by atomic mass is 9.99. The molecule has 0 spiro atoms. The number of nitrogens with zero attached hydrogens (tertiary/aromatic N) is 1. The third kappa shape index (κ3) is 4.55. The van der Waals surface area contributed by atoms with Crippen LogP contribution in [0.1, 0.15) is 58.8 Å². The highest BCUT2D eigenvalue weighted by molar-refractivity contribution is 4.78. The first-order chi connectivity index (χ1) is 8.75. The molecule has 106 valence electrons. The zero-order chi connectivity index (χ0) is 12.8. The molecule has 1 aliphatic heterocycles. The largest absolute Gasteiger partial charge is 0.314 e. The average Bonchev–Trinajstić information content (AvgIpc) is 2.91. The van der Waals surface area contributed by atoms with Crippen LogP contribution in [0.4, 0.5) is 0 Å². The fourth-order valence-corrected chi connectivity index (χ4v) is 3.66. The monoisotopic (exact) mass is 252 g/mol. The van der Waals surface area contributed by atoms with Crippen molar-refractivity contribution in [1.82, 2.24) is 10.2 Å². The van der Waals surface area contributed by atoms with E-state index in [2.05, 4.69) is 24.1 Å². The zero-order valence-corrected chi connectivity index (χ0v) is 12.5. The van der Waals surface area contributed by atoms with Gasteiger partial charge in [0, 0.05) is 12.6 Å². The minimum atomic E-state index is 0.733. The van der Waals surface area contributed by atoms with Crippen LogP contribution >= 0.6 is 0 Å². The summed E-state index contributed by atoms with van der Waals surface area (Å²) in [4.78, 5) is 2.66. The number of piperidine rings is 1. The first kappa shape index (κ1) is 14.3. The predicted octanol–water partition coefficient (Wildman–Crippen LogP) is 3.28. The quantitative estimate of drug-likeness (QED) is 0.780. The van der Waals surface area contributed by atoms with Crippen molar-refractivity contribution in [3.8, 4) is 0 Å². The molecule has 0 bridgehead atoms. The van der Waals surface area contributed by atoms with Gasteiger partial charge in [0.25, 0.3) is 0 Å². The number of nitrogens with one attached hydrogen (secondary N) is 1. The summed E-state index contributed by atoms with van der Waals surface area (Å²) in [6, 6.07) is 0.733. The van der Waals surface area contributed by atoms with Gasteiger partial charge in [-0.2, -0.15) is 0 Å². The summed E-state index contributed by atoms with van der Waals surface area (Å²) in [6.45, 7) is 9.97. The van der Waals surface area contributed by atoms with Gasteiger partial charge in [0.05, 0.1) is 0 Å². The molecule has 0 amide bonds. The Morgan fingerprint density at radius 2 is 1.67 bits per heavy atom. The molecule has 2 heteroatoms. The highest BCUT2D eigenvalue weighted by Gasteiger charge is 2.21. The summed E-state index contributed by atoms with van der Waals surface area (Å²) in [5, 5.41) is 3.79. The molecule has 0 aromatic rings. The minimum absolute atomic E-state index is 0.733. The van der Waals surface area contributed by atoms with E-state index in [4.69, 9.17) is 0 Å². The van der Waals surface area contributed by atoms with Crippen LogP contribution in [0.15, 0.2) is 0 Å². The van der Waals surface area contributed by atoms with Crippen LogP contribution in [0.2, 0.25) is 0 Å². The maximum atomic E-state index is 3.79. The van der Waals surface area contributed by atoms with E-state index < -0.39 is 0 Å². The van der Waals surface area contributed by atoms with E-state index in [1.54, 1.807) is 0 Å². The molecule has 0 radical (unpaired) electrons. The van der Waals surface area contributed by atoms with Crippen LogP contribution in [0.25, 0.3) is 0 Å². The van der Waals surface area contributed by atoms with Crippen molar-refractivity contribution in [3.63, 3.8) is 0 Å². The third-order valence-corrected chi connectivity index (χ3v) is 4.91. The van der Waals surface area contributed by atoms with Gasteiger partial charge in [-0.3, -0.25) is 0 Å². The molecule has 1 heterocycles. The van der Waals surface area contributed by atoms with Crippen LogP contribution in [0.5, 0.6) is 0 Å². The summed E-state index contributed by atoms with van der Waals surface area (Å²) < 4.78 is 0. The minimum Gasteiger partial charge on any atom is -0.314 e. The standard InChI is InChI=1S/C16H32N2/c1-14(13-18-10-6-3-7-11-18)12-17-15(2)16-8-4-5-9-16/h14-17H,3-13H2,1-2H3. The summed E-state index contributed by atoms with van der Waals surface area (Å²) in [7, 11) is 0. The molecule has 2 rings (SSSR count). The maximum absolute atomic E-state index is 3.79. The predicted molar refractivity (Wildman–Crippen MR) is 78.9 cm³/mol. The molecule has 18 heavy (non-hydrogen) atoms. The summed E-state index contributed by atoms with van der Waals surface area (Å²) in [5.41, 5.74) is 0. The van der Waals surface area contributed by atoms with E-state index in [-0.39, 0.29) is 0 Å².